The van der Waals surface area contributed by atoms with Crippen molar-refractivity contribution >= 4 is 5.91 Å². The largest absolute Gasteiger partial charge is 0.491 e. The second-order valence-electron chi connectivity index (χ2n) is 4.63. The molecule has 0 radical (unpaired) electrons. The molecule has 0 fully saturated rings. The van der Waals surface area contributed by atoms with Crippen LogP contribution < -0.4 is 15.8 Å². The molecule has 0 saturated carbocycles. The van der Waals surface area contributed by atoms with Gasteiger partial charge in [0.05, 0.1) is 18.7 Å². The number of carbonyl (C=O) groups is 1. The number of aromatic nitrogens is 1. The van der Waals surface area contributed by atoms with Gasteiger partial charge in [-0.3, -0.25) is 9.78 Å². The molecule has 3 N–H and O–H groups in total. The van der Waals surface area contributed by atoms with Crippen molar-refractivity contribution in [2.45, 2.75) is 39.7 Å². The monoisotopic (exact) mass is 265 g/mol. The normalized spacial score (nSPS) is 12.0. The van der Waals surface area contributed by atoms with E-state index in [9.17, 15) is 4.79 Å². The van der Waals surface area contributed by atoms with Crippen LogP contribution in [0.2, 0.25) is 0 Å². The Balaban J connectivity index is 2.59. The average molecular weight is 265 g/mol. The number of nitrogens with zero attached hydrogens (tertiary/aromatic N) is 1. The van der Waals surface area contributed by atoms with Crippen LogP contribution in [0.25, 0.3) is 0 Å². The second kappa shape index (κ2) is 7.74. The Morgan fingerprint density at radius 3 is 2.89 bits per heavy atom. The Hall–Kier alpha value is -1.62. The molecule has 5 heteroatoms. The van der Waals surface area contributed by atoms with E-state index in [0.717, 1.165) is 11.4 Å². The van der Waals surface area contributed by atoms with Gasteiger partial charge in [-0.25, -0.2) is 0 Å². The van der Waals surface area contributed by atoms with Crippen LogP contribution in [0.5, 0.6) is 5.75 Å². The first kappa shape index (κ1) is 15.4. The fourth-order valence-corrected chi connectivity index (χ4v) is 1.72. The molecule has 0 saturated heterocycles. The maximum atomic E-state index is 11.3. The summed E-state index contributed by atoms with van der Waals surface area (Å²) in [5.41, 5.74) is 7.59. The van der Waals surface area contributed by atoms with E-state index in [1.54, 1.807) is 0 Å². The van der Waals surface area contributed by atoms with Gasteiger partial charge in [0, 0.05) is 24.7 Å². The smallest absolute Gasteiger partial charge is 0.223 e. The molecule has 1 unspecified atom stereocenters. The van der Waals surface area contributed by atoms with E-state index in [2.05, 4.69) is 10.3 Å². The van der Waals surface area contributed by atoms with Crippen LogP contribution in [0, 0.1) is 6.92 Å². The molecular weight excluding hydrogens is 242 g/mol. The molecule has 0 aliphatic rings. The summed E-state index contributed by atoms with van der Waals surface area (Å²) in [4.78, 5) is 15.8. The molecule has 1 aromatic rings. The minimum atomic E-state index is -0.00341. The highest BCUT2D eigenvalue weighted by Gasteiger charge is 2.09. The van der Waals surface area contributed by atoms with Gasteiger partial charge in [-0.05, 0) is 32.9 Å². The lowest BCUT2D eigenvalue weighted by Crippen LogP contribution is -2.24. The summed E-state index contributed by atoms with van der Waals surface area (Å²) in [6.45, 7) is 6.75. The van der Waals surface area contributed by atoms with Gasteiger partial charge in [-0.2, -0.15) is 0 Å². The Bertz CT molecular complexity index is 419. The lowest BCUT2D eigenvalue weighted by Gasteiger charge is -2.13. The van der Waals surface area contributed by atoms with E-state index in [0.29, 0.717) is 31.7 Å². The number of amides is 1. The van der Waals surface area contributed by atoms with Crippen molar-refractivity contribution in [2.75, 3.05) is 13.2 Å². The molecule has 0 bridgehead atoms. The fraction of sp³-hybridized carbons (Fsp3) is 0.571. The van der Waals surface area contributed by atoms with E-state index in [1.165, 1.54) is 0 Å². The summed E-state index contributed by atoms with van der Waals surface area (Å²) in [6.07, 6.45) is 1.01. The third-order valence-corrected chi connectivity index (χ3v) is 2.55. The molecule has 1 aromatic heterocycles. The van der Waals surface area contributed by atoms with Gasteiger partial charge in [-0.15, -0.1) is 0 Å². The lowest BCUT2D eigenvalue weighted by molar-refractivity contribution is -0.121. The predicted octanol–water partition coefficient (Wildman–Crippen LogP) is 1.18. The number of hydrogen-bond donors (Lipinski definition) is 2. The highest BCUT2D eigenvalue weighted by molar-refractivity contribution is 5.75. The van der Waals surface area contributed by atoms with E-state index in [-0.39, 0.29) is 11.9 Å². The average Bonchev–Trinajstić information content (AvgIpc) is 2.31. The van der Waals surface area contributed by atoms with Gasteiger partial charge in [0.2, 0.25) is 5.91 Å². The summed E-state index contributed by atoms with van der Waals surface area (Å²) in [5, 5.41) is 2.73. The Morgan fingerprint density at radius 2 is 2.26 bits per heavy atom. The van der Waals surface area contributed by atoms with Crippen LogP contribution >= 0.6 is 0 Å². The van der Waals surface area contributed by atoms with Gasteiger partial charge < -0.3 is 15.8 Å². The number of hydrogen-bond acceptors (Lipinski definition) is 4. The van der Waals surface area contributed by atoms with Crippen LogP contribution in [-0.4, -0.2) is 30.1 Å². The molecule has 19 heavy (non-hydrogen) atoms. The molecule has 106 valence electrons. The zero-order valence-corrected chi connectivity index (χ0v) is 11.9. The third kappa shape index (κ3) is 5.70. The first-order valence-corrected chi connectivity index (χ1v) is 6.64. The zero-order valence-electron chi connectivity index (χ0n) is 11.9. The molecule has 0 aliphatic carbocycles. The van der Waals surface area contributed by atoms with E-state index in [1.807, 2.05) is 32.9 Å². The predicted molar refractivity (Wildman–Crippen MR) is 75.1 cm³/mol. The van der Waals surface area contributed by atoms with Gasteiger partial charge in [0.25, 0.3) is 0 Å². The molecule has 1 heterocycles. The number of carbonyl (C=O) groups excluding carboxylic acids is 1. The van der Waals surface area contributed by atoms with Crippen molar-refractivity contribution in [3.05, 3.63) is 23.5 Å². The van der Waals surface area contributed by atoms with Crippen LogP contribution in [0.15, 0.2) is 12.1 Å². The molecule has 1 amide bonds. The third-order valence-electron chi connectivity index (χ3n) is 2.55. The van der Waals surface area contributed by atoms with Crippen molar-refractivity contribution < 1.29 is 9.53 Å². The van der Waals surface area contributed by atoms with Crippen molar-refractivity contribution in [3.8, 4) is 5.75 Å². The number of nitrogens with two attached hydrogens (primary N) is 1. The SMILES string of the molecule is CCNC(=O)CCOc1ccc(C)nc1CC(C)N. The minimum absolute atomic E-state index is 0.00341. The van der Waals surface area contributed by atoms with E-state index < -0.39 is 0 Å². The van der Waals surface area contributed by atoms with Crippen LogP contribution in [0.4, 0.5) is 0 Å². The zero-order chi connectivity index (χ0) is 14.3. The number of nitrogens with one attached hydrogen (secondary N) is 1. The van der Waals surface area contributed by atoms with E-state index in [4.69, 9.17) is 10.5 Å². The quantitative estimate of drug-likeness (QED) is 0.776. The Morgan fingerprint density at radius 1 is 1.53 bits per heavy atom. The lowest BCUT2D eigenvalue weighted by atomic mass is 10.1. The minimum Gasteiger partial charge on any atom is -0.491 e. The maximum Gasteiger partial charge on any atom is 0.223 e. The number of pyridine rings is 1. The van der Waals surface area contributed by atoms with Crippen LogP contribution in [-0.2, 0) is 11.2 Å². The molecule has 1 atom stereocenters. The molecular formula is C14H23N3O2. The summed E-state index contributed by atoms with van der Waals surface area (Å²) >= 11 is 0. The Labute approximate surface area is 114 Å². The molecule has 0 aromatic carbocycles. The molecule has 5 nitrogen and oxygen atoms in total. The van der Waals surface area contributed by atoms with Crippen molar-refractivity contribution in [1.82, 2.24) is 10.3 Å². The molecule has 0 aliphatic heterocycles. The maximum absolute atomic E-state index is 11.3. The van der Waals surface area contributed by atoms with Crippen LogP contribution in [0.3, 0.4) is 0 Å². The fourth-order valence-electron chi connectivity index (χ4n) is 1.72. The summed E-state index contributed by atoms with van der Waals surface area (Å²) in [7, 11) is 0. The number of ether oxygens (including phenoxy) is 1. The van der Waals surface area contributed by atoms with Gasteiger partial charge >= 0.3 is 0 Å². The van der Waals surface area contributed by atoms with Crippen molar-refractivity contribution in [2.24, 2.45) is 5.73 Å². The first-order valence-electron chi connectivity index (χ1n) is 6.64. The number of rotatable bonds is 7. The molecule has 0 spiro atoms. The van der Waals surface area contributed by atoms with E-state index >= 15 is 0 Å². The summed E-state index contributed by atoms with van der Waals surface area (Å²) in [5.74, 6) is 0.712. The topological polar surface area (TPSA) is 77.2 Å². The summed E-state index contributed by atoms with van der Waals surface area (Å²) in [6, 6.07) is 3.81. The standard InChI is InChI=1S/C14H23N3O2/c1-4-16-14(18)7-8-19-13-6-5-11(3)17-12(13)9-10(2)15/h5-6,10H,4,7-9,15H2,1-3H3,(H,16,18). The molecule has 1 rings (SSSR count). The van der Waals surface area contributed by atoms with Crippen molar-refractivity contribution in [1.29, 1.82) is 0 Å². The Kier molecular flexibility index (Phi) is 6.29. The summed E-state index contributed by atoms with van der Waals surface area (Å²) < 4.78 is 5.63. The highest BCUT2D eigenvalue weighted by atomic mass is 16.5. The van der Waals surface area contributed by atoms with Crippen molar-refractivity contribution in [3.63, 3.8) is 0 Å². The van der Waals surface area contributed by atoms with Gasteiger partial charge in [0.15, 0.2) is 0 Å². The van der Waals surface area contributed by atoms with Crippen LogP contribution in [0.1, 0.15) is 31.7 Å². The van der Waals surface area contributed by atoms with Gasteiger partial charge in [0.1, 0.15) is 5.75 Å². The second-order valence-corrected chi connectivity index (χ2v) is 4.63. The highest BCUT2D eigenvalue weighted by Crippen LogP contribution is 2.18. The van der Waals surface area contributed by atoms with Gasteiger partial charge in [-0.1, -0.05) is 0 Å². The first-order chi connectivity index (χ1) is 9.02. The number of aryl methyl sites for hydroxylation is 1.